The molecule has 138 valence electrons. The largest absolute Gasteiger partial charge is 0.488 e. The van der Waals surface area contributed by atoms with Crippen molar-refractivity contribution >= 4 is 10.8 Å². The van der Waals surface area contributed by atoms with Crippen molar-refractivity contribution in [1.82, 2.24) is 0 Å². The van der Waals surface area contributed by atoms with E-state index >= 15 is 0 Å². The Balaban J connectivity index is 1.67. The summed E-state index contributed by atoms with van der Waals surface area (Å²) in [5.41, 5.74) is 4.68. The van der Waals surface area contributed by atoms with Gasteiger partial charge in [-0.2, -0.15) is 0 Å². The molecule has 4 aromatic rings. The molecule has 0 atom stereocenters. The van der Waals surface area contributed by atoms with Crippen LogP contribution in [0.3, 0.4) is 0 Å². The number of hydrogen-bond acceptors (Lipinski definition) is 3. The lowest BCUT2D eigenvalue weighted by Gasteiger charge is -2.16. The number of rotatable bonds is 4. The summed E-state index contributed by atoms with van der Waals surface area (Å²) in [5.74, 6) is 2.40. The van der Waals surface area contributed by atoms with E-state index in [1.54, 1.807) is 0 Å². The lowest BCUT2D eigenvalue weighted by Crippen LogP contribution is -1.98. The van der Waals surface area contributed by atoms with E-state index in [1.165, 1.54) is 16.7 Å². The van der Waals surface area contributed by atoms with Crippen molar-refractivity contribution in [2.24, 2.45) is 0 Å². The zero-order chi connectivity index (χ0) is 18.9. The molecule has 0 saturated carbocycles. The quantitative estimate of drug-likeness (QED) is 0.434. The Morgan fingerprint density at radius 2 is 1.43 bits per heavy atom. The first-order valence-corrected chi connectivity index (χ1v) is 9.39. The highest BCUT2D eigenvalue weighted by atomic mass is 16.7. The fourth-order valence-corrected chi connectivity index (χ4v) is 3.75. The molecule has 1 aliphatic rings. The molecule has 0 aromatic heterocycles. The normalized spacial score (nSPS) is 12.3. The van der Waals surface area contributed by atoms with Gasteiger partial charge in [0.1, 0.15) is 12.4 Å². The minimum atomic E-state index is 0.255. The van der Waals surface area contributed by atoms with Gasteiger partial charge in [0.2, 0.25) is 6.79 Å². The van der Waals surface area contributed by atoms with Crippen LogP contribution in [0.4, 0.5) is 0 Å². The van der Waals surface area contributed by atoms with Gasteiger partial charge in [-0.25, -0.2) is 0 Å². The first kappa shape index (κ1) is 16.7. The smallest absolute Gasteiger partial charge is 0.231 e. The monoisotopic (exact) mass is 368 g/mol. The third kappa shape index (κ3) is 2.95. The molecule has 1 aliphatic heterocycles. The molecule has 0 fully saturated rings. The Kier molecular flexibility index (Phi) is 4.13. The molecule has 5 rings (SSSR count). The van der Waals surface area contributed by atoms with E-state index in [2.05, 4.69) is 55.5 Å². The van der Waals surface area contributed by atoms with Gasteiger partial charge >= 0.3 is 0 Å². The molecule has 4 aromatic carbocycles. The highest BCUT2D eigenvalue weighted by molar-refractivity contribution is 6.03. The van der Waals surface area contributed by atoms with E-state index in [4.69, 9.17) is 14.2 Å². The van der Waals surface area contributed by atoms with Crippen molar-refractivity contribution in [3.63, 3.8) is 0 Å². The minimum Gasteiger partial charge on any atom is -0.488 e. The molecule has 1 heterocycles. The summed E-state index contributed by atoms with van der Waals surface area (Å²) in [7, 11) is 0. The van der Waals surface area contributed by atoms with Crippen molar-refractivity contribution < 1.29 is 14.2 Å². The van der Waals surface area contributed by atoms with Crippen LogP contribution in [-0.4, -0.2) is 6.79 Å². The van der Waals surface area contributed by atoms with Crippen LogP contribution in [0.1, 0.15) is 11.1 Å². The zero-order valence-electron chi connectivity index (χ0n) is 15.6. The maximum Gasteiger partial charge on any atom is 0.231 e. The van der Waals surface area contributed by atoms with Gasteiger partial charge in [-0.1, -0.05) is 60.7 Å². The Morgan fingerprint density at radius 3 is 2.14 bits per heavy atom. The molecule has 0 radical (unpaired) electrons. The summed E-state index contributed by atoms with van der Waals surface area (Å²) >= 11 is 0. The Hall–Kier alpha value is -3.46. The molecule has 28 heavy (non-hydrogen) atoms. The van der Waals surface area contributed by atoms with Crippen molar-refractivity contribution in [3.8, 4) is 28.4 Å². The van der Waals surface area contributed by atoms with Gasteiger partial charge in [0.15, 0.2) is 11.5 Å². The number of ether oxygens (including phenoxy) is 3. The summed E-state index contributed by atoms with van der Waals surface area (Å²) in [6.07, 6.45) is 0. The lowest BCUT2D eigenvalue weighted by atomic mass is 9.93. The van der Waals surface area contributed by atoms with E-state index in [0.29, 0.717) is 6.61 Å². The Labute approximate surface area is 164 Å². The number of benzene rings is 4. The molecule has 0 unspecified atom stereocenters. The highest BCUT2D eigenvalue weighted by Crippen LogP contribution is 2.44. The molecule has 0 spiro atoms. The molecule has 0 N–H and O–H groups in total. The molecular formula is C25H20O3. The van der Waals surface area contributed by atoms with Crippen molar-refractivity contribution in [2.45, 2.75) is 13.5 Å². The number of aryl methyl sites for hydroxylation is 1. The number of hydrogen-bond donors (Lipinski definition) is 0. The summed E-state index contributed by atoms with van der Waals surface area (Å²) in [4.78, 5) is 0. The summed E-state index contributed by atoms with van der Waals surface area (Å²) in [6, 6.07) is 26.9. The van der Waals surface area contributed by atoms with Crippen LogP contribution in [0, 0.1) is 6.92 Å². The third-order valence-corrected chi connectivity index (χ3v) is 5.09. The topological polar surface area (TPSA) is 27.7 Å². The first-order chi connectivity index (χ1) is 13.8. The molecule has 0 amide bonds. The molecule has 0 bridgehead atoms. The standard InChI is InChI=1S/C25H20O3/c1-17-12-22(26-15-18-8-4-2-5-9-18)20-13-23-24(28-16-27-23)14-21(20)25(17)19-10-6-3-7-11-19/h2-14H,15-16H2,1H3. The van der Waals surface area contributed by atoms with Gasteiger partial charge in [-0.3, -0.25) is 0 Å². The van der Waals surface area contributed by atoms with E-state index in [1.807, 2.05) is 30.3 Å². The zero-order valence-corrected chi connectivity index (χ0v) is 15.6. The molecule has 3 heteroatoms. The van der Waals surface area contributed by atoms with Crippen molar-refractivity contribution in [1.29, 1.82) is 0 Å². The maximum atomic E-state index is 6.24. The molecule has 3 nitrogen and oxygen atoms in total. The second-order valence-electron chi connectivity index (χ2n) is 6.96. The van der Waals surface area contributed by atoms with Crippen LogP contribution in [0.5, 0.6) is 17.2 Å². The van der Waals surface area contributed by atoms with Gasteiger partial charge in [-0.05, 0) is 52.8 Å². The second kappa shape index (κ2) is 6.93. The molecular weight excluding hydrogens is 348 g/mol. The summed E-state index contributed by atoms with van der Waals surface area (Å²) < 4.78 is 17.5. The first-order valence-electron chi connectivity index (χ1n) is 9.39. The van der Waals surface area contributed by atoms with Gasteiger partial charge in [-0.15, -0.1) is 0 Å². The number of fused-ring (bicyclic) bond motifs is 2. The predicted octanol–water partition coefficient (Wildman–Crippen LogP) is 6.12. The van der Waals surface area contributed by atoms with E-state index in [9.17, 15) is 0 Å². The summed E-state index contributed by atoms with van der Waals surface area (Å²) in [6.45, 7) is 2.90. The molecule has 0 saturated heterocycles. The fourth-order valence-electron chi connectivity index (χ4n) is 3.75. The average Bonchev–Trinajstić information content (AvgIpc) is 3.19. The van der Waals surface area contributed by atoms with Gasteiger partial charge in [0.25, 0.3) is 0 Å². The fraction of sp³-hybridized carbons (Fsp3) is 0.120. The third-order valence-electron chi connectivity index (χ3n) is 5.09. The van der Waals surface area contributed by atoms with Crippen molar-refractivity contribution in [3.05, 3.63) is 90.0 Å². The second-order valence-corrected chi connectivity index (χ2v) is 6.96. The minimum absolute atomic E-state index is 0.255. The maximum absolute atomic E-state index is 6.24. The van der Waals surface area contributed by atoms with E-state index in [-0.39, 0.29) is 6.79 Å². The SMILES string of the molecule is Cc1cc(OCc2ccccc2)c2cc3c(cc2c1-c1ccccc1)OCO3. The Morgan fingerprint density at radius 1 is 0.786 bits per heavy atom. The van der Waals surface area contributed by atoms with E-state index < -0.39 is 0 Å². The van der Waals surface area contributed by atoms with Gasteiger partial charge in [0.05, 0.1) is 0 Å². The van der Waals surface area contributed by atoms with Crippen LogP contribution in [0.2, 0.25) is 0 Å². The van der Waals surface area contributed by atoms with Gasteiger partial charge < -0.3 is 14.2 Å². The van der Waals surface area contributed by atoms with Crippen LogP contribution < -0.4 is 14.2 Å². The van der Waals surface area contributed by atoms with Crippen LogP contribution in [0.25, 0.3) is 21.9 Å². The predicted molar refractivity (Wildman–Crippen MR) is 111 cm³/mol. The van der Waals surface area contributed by atoms with Crippen LogP contribution >= 0.6 is 0 Å². The Bertz CT molecular complexity index is 1140. The van der Waals surface area contributed by atoms with Gasteiger partial charge in [0, 0.05) is 5.39 Å². The lowest BCUT2D eigenvalue weighted by molar-refractivity contribution is 0.174. The average molecular weight is 368 g/mol. The highest BCUT2D eigenvalue weighted by Gasteiger charge is 2.20. The van der Waals surface area contributed by atoms with Crippen LogP contribution in [0.15, 0.2) is 78.9 Å². The van der Waals surface area contributed by atoms with Crippen molar-refractivity contribution in [2.75, 3.05) is 6.79 Å². The van der Waals surface area contributed by atoms with E-state index in [0.717, 1.165) is 33.6 Å². The molecule has 0 aliphatic carbocycles. The van der Waals surface area contributed by atoms with Crippen LogP contribution in [-0.2, 0) is 6.61 Å². The summed E-state index contributed by atoms with van der Waals surface area (Å²) in [5, 5.41) is 2.14.